The minimum atomic E-state index is -0.399. The Morgan fingerprint density at radius 3 is 2.77 bits per heavy atom. The van der Waals surface area contributed by atoms with E-state index in [1.807, 2.05) is 28.4 Å². The maximum Gasteiger partial charge on any atom is 0.322 e. The predicted octanol–water partition coefficient (Wildman–Crippen LogP) is 5.09. The minimum Gasteiger partial charge on any atom is -0.351 e. The number of anilines is 1. The third-order valence-electron chi connectivity index (χ3n) is 6.93. The number of hydrogen-bond acceptors (Lipinski definition) is 6. The molecule has 0 aliphatic carbocycles. The number of nitrogens with one attached hydrogen (secondary N) is 2. The number of rotatable bonds is 4. The van der Waals surface area contributed by atoms with E-state index in [1.165, 1.54) is 4.88 Å². The molecule has 0 radical (unpaired) electrons. The minimum absolute atomic E-state index is 0.156. The van der Waals surface area contributed by atoms with Gasteiger partial charge in [0, 0.05) is 35.2 Å². The summed E-state index contributed by atoms with van der Waals surface area (Å²) in [4.78, 5) is 28.0. The van der Waals surface area contributed by atoms with E-state index >= 15 is 0 Å². The topological polar surface area (TPSA) is 73.4 Å². The van der Waals surface area contributed by atoms with Gasteiger partial charge in [-0.3, -0.25) is 0 Å². The first-order chi connectivity index (χ1) is 16.8. The summed E-state index contributed by atoms with van der Waals surface area (Å²) < 4.78 is 1.14. The monoisotopic (exact) mass is 510 g/mol. The van der Waals surface area contributed by atoms with Crippen molar-refractivity contribution < 1.29 is 4.79 Å². The van der Waals surface area contributed by atoms with Crippen LogP contribution in [0.15, 0.2) is 43.2 Å². The maximum absolute atomic E-state index is 13.2. The van der Waals surface area contributed by atoms with E-state index in [9.17, 15) is 4.79 Å². The zero-order chi connectivity index (χ0) is 24.6. The van der Waals surface area contributed by atoms with Crippen LogP contribution >= 0.6 is 22.9 Å². The van der Waals surface area contributed by atoms with E-state index in [1.54, 1.807) is 18.5 Å². The fourth-order valence-corrected chi connectivity index (χ4v) is 6.54. The van der Waals surface area contributed by atoms with Crippen LogP contribution in [-0.2, 0) is 0 Å². The molecule has 2 N–H and O–H groups in total. The second kappa shape index (κ2) is 9.76. The Morgan fingerprint density at radius 2 is 2.03 bits per heavy atom. The van der Waals surface area contributed by atoms with Crippen molar-refractivity contribution in [2.75, 3.05) is 37.6 Å². The van der Waals surface area contributed by atoms with Gasteiger partial charge in [0.1, 0.15) is 12.1 Å². The summed E-state index contributed by atoms with van der Waals surface area (Å²) in [7, 11) is 0. The highest BCUT2D eigenvalue weighted by Gasteiger charge is 2.38. The Bertz CT molecular complexity index is 1250. The lowest BCUT2D eigenvalue weighted by Crippen LogP contribution is -2.63. The molecule has 3 aromatic rings. The van der Waals surface area contributed by atoms with E-state index in [2.05, 4.69) is 52.0 Å². The smallest absolute Gasteiger partial charge is 0.322 e. The van der Waals surface area contributed by atoms with Crippen molar-refractivity contribution in [3.8, 4) is 0 Å². The number of amides is 2. The molecule has 2 aromatic heterocycles. The van der Waals surface area contributed by atoms with Crippen LogP contribution in [0.2, 0.25) is 5.02 Å². The molecule has 2 amide bonds. The number of piperazine rings is 1. The van der Waals surface area contributed by atoms with Gasteiger partial charge < -0.3 is 20.4 Å². The normalized spacial score (nSPS) is 18.6. The Labute approximate surface area is 215 Å². The number of halogens is 1. The Kier molecular flexibility index (Phi) is 6.70. The molecule has 4 heterocycles. The lowest BCUT2D eigenvalue weighted by Gasteiger charge is -2.47. The zero-order valence-electron chi connectivity index (χ0n) is 20.2. The van der Waals surface area contributed by atoms with Crippen molar-refractivity contribution in [1.82, 2.24) is 25.5 Å². The molecular formula is C26H31ClN6OS. The van der Waals surface area contributed by atoms with Gasteiger partial charge in [-0.1, -0.05) is 30.3 Å². The predicted molar refractivity (Wildman–Crippen MR) is 144 cm³/mol. The van der Waals surface area contributed by atoms with Gasteiger partial charge in [-0.15, -0.1) is 11.3 Å². The van der Waals surface area contributed by atoms with Crippen LogP contribution in [0, 0.1) is 0 Å². The Morgan fingerprint density at radius 1 is 1.23 bits per heavy atom. The Balaban J connectivity index is 1.31. The second-order valence-electron chi connectivity index (χ2n) is 9.89. The van der Waals surface area contributed by atoms with Crippen molar-refractivity contribution in [2.24, 2.45) is 0 Å². The van der Waals surface area contributed by atoms with Crippen molar-refractivity contribution in [2.45, 2.75) is 38.1 Å². The summed E-state index contributed by atoms with van der Waals surface area (Å²) in [6, 6.07) is 9.43. The summed E-state index contributed by atoms with van der Waals surface area (Å²) in [5.74, 6) is 1.56. The first kappa shape index (κ1) is 24.0. The highest BCUT2D eigenvalue weighted by atomic mass is 35.5. The fourth-order valence-electron chi connectivity index (χ4n) is 5.05. The zero-order valence-corrected chi connectivity index (χ0v) is 21.8. The first-order valence-corrected chi connectivity index (χ1v) is 13.2. The molecule has 184 valence electrons. The molecule has 0 spiro atoms. The van der Waals surface area contributed by atoms with Gasteiger partial charge in [0.25, 0.3) is 0 Å². The molecule has 0 saturated carbocycles. The lowest BCUT2D eigenvalue weighted by molar-refractivity contribution is 0.127. The summed E-state index contributed by atoms with van der Waals surface area (Å²) >= 11 is 7.93. The number of thiophene rings is 1. The number of nitrogens with zero attached hydrogens (tertiary/aromatic N) is 4. The molecule has 1 aromatic carbocycles. The van der Waals surface area contributed by atoms with Gasteiger partial charge >= 0.3 is 6.03 Å². The Hall–Kier alpha value is -2.68. The summed E-state index contributed by atoms with van der Waals surface area (Å²) in [5, 5.41) is 7.02. The number of hydrogen-bond donors (Lipinski definition) is 2. The number of carbonyl (C=O) groups is 1. The molecule has 0 bridgehead atoms. The van der Waals surface area contributed by atoms with E-state index in [0.29, 0.717) is 36.3 Å². The van der Waals surface area contributed by atoms with Crippen molar-refractivity contribution in [1.29, 1.82) is 0 Å². The van der Waals surface area contributed by atoms with E-state index in [4.69, 9.17) is 11.6 Å². The van der Waals surface area contributed by atoms with Crippen molar-refractivity contribution >= 4 is 50.7 Å². The number of urea groups is 1. The van der Waals surface area contributed by atoms with Gasteiger partial charge in [-0.2, -0.15) is 0 Å². The molecule has 7 nitrogen and oxygen atoms in total. The number of carbonyl (C=O) groups excluding carboxylic acids is 1. The summed E-state index contributed by atoms with van der Waals surface area (Å²) in [6.45, 7) is 12.3. The quantitative estimate of drug-likeness (QED) is 0.511. The summed E-state index contributed by atoms with van der Waals surface area (Å²) in [5.41, 5.74) is 1.96. The van der Waals surface area contributed by atoms with Crippen molar-refractivity contribution in [3.05, 3.63) is 58.7 Å². The number of benzene rings is 1. The van der Waals surface area contributed by atoms with E-state index in [0.717, 1.165) is 47.5 Å². The number of piperidine rings is 1. The van der Waals surface area contributed by atoms with Gasteiger partial charge in [-0.05, 0) is 69.5 Å². The highest BCUT2D eigenvalue weighted by Crippen LogP contribution is 2.39. The van der Waals surface area contributed by atoms with E-state index < -0.39 is 5.54 Å². The van der Waals surface area contributed by atoms with Crippen LogP contribution in [0.5, 0.6) is 0 Å². The molecular weight excluding hydrogens is 480 g/mol. The van der Waals surface area contributed by atoms with Gasteiger partial charge in [0.15, 0.2) is 0 Å². The van der Waals surface area contributed by atoms with Crippen molar-refractivity contribution in [3.63, 3.8) is 0 Å². The highest BCUT2D eigenvalue weighted by molar-refractivity contribution is 7.19. The first-order valence-electron chi connectivity index (χ1n) is 12.1. The van der Waals surface area contributed by atoms with Crippen LogP contribution in [0.4, 0.5) is 10.6 Å². The molecule has 2 saturated heterocycles. The SMILES string of the molecule is C=C(NC(=O)N1CCN(c2ncnc3cc(C4CCNCC4)sc23)CC1(C)C)c1cccc(Cl)c1. The fraction of sp³-hybridized carbons (Fsp3) is 0.423. The molecule has 0 unspecified atom stereocenters. The molecule has 9 heteroatoms. The van der Waals surface area contributed by atoms with E-state index in [-0.39, 0.29) is 6.03 Å². The number of fused-ring (bicyclic) bond motifs is 1. The second-order valence-corrected chi connectivity index (χ2v) is 11.4. The van der Waals surface area contributed by atoms with Gasteiger partial charge in [0.2, 0.25) is 0 Å². The summed E-state index contributed by atoms with van der Waals surface area (Å²) in [6.07, 6.45) is 3.99. The average Bonchev–Trinajstić information content (AvgIpc) is 3.28. The van der Waals surface area contributed by atoms with Gasteiger partial charge in [0.05, 0.1) is 15.8 Å². The molecule has 5 rings (SSSR count). The van der Waals surface area contributed by atoms with Crippen LogP contribution in [0.1, 0.15) is 43.0 Å². The maximum atomic E-state index is 13.2. The standard InChI is InChI=1S/C26H31ClN6OS/c1-17(19-5-4-6-20(27)13-19)31-25(34)33-12-11-32(15-26(33,2)3)24-23-21(29-16-30-24)14-22(35-23)18-7-9-28-10-8-18/h4-6,13-14,16,18,28H,1,7-12,15H2,2-3H3,(H,31,34). The largest absolute Gasteiger partial charge is 0.351 e. The third-order valence-corrected chi connectivity index (χ3v) is 8.45. The third kappa shape index (κ3) is 5.01. The van der Waals surface area contributed by atoms with Crippen LogP contribution < -0.4 is 15.5 Å². The van der Waals surface area contributed by atoms with Crippen LogP contribution in [0.25, 0.3) is 15.9 Å². The lowest BCUT2D eigenvalue weighted by atomic mass is 9.96. The van der Waals surface area contributed by atoms with Crippen LogP contribution in [0.3, 0.4) is 0 Å². The van der Waals surface area contributed by atoms with Crippen LogP contribution in [-0.4, -0.2) is 59.2 Å². The molecule has 35 heavy (non-hydrogen) atoms. The molecule has 0 atom stereocenters. The van der Waals surface area contributed by atoms with Gasteiger partial charge in [-0.25, -0.2) is 14.8 Å². The average molecular weight is 511 g/mol. The molecule has 2 aliphatic rings. The number of aromatic nitrogens is 2. The molecule has 2 aliphatic heterocycles. The molecule has 2 fully saturated rings.